The normalized spacial score (nSPS) is 12.7. The molecule has 2 aromatic rings. The number of carboxylic acid groups (broad SMARTS) is 1. The molecular formula is C31H43NO3. The van der Waals surface area contributed by atoms with Crippen LogP contribution in [0.3, 0.4) is 0 Å². The van der Waals surface area contributed by atoms with E-state index < -0.39 is 5.97 Å². The van der Waals surface area contributed by atoms with Gasteiger partial charge >= 0.3 is 5.97 Å². The standard InChI is InChI=1S/C31H43NO3/c1-3-4-5-6-7-8-9-10-21-35-30-18-15-28(16-19-30)24-29(32)23-25(2)22-27-13-11-26(12-14-27)17-20-31(33)34/h11-20,24-25H,3-10,21-23,32H2,1-2H3,(H,33,34)/b20-17+,29-24?. The molecule has 3 N–H and O–H groups in total. The van der Waals surface area contributed by atoms with Crippen molar-refractivity contribution in [1.82, 2.24) is 0 Å². The van der Waals surface area contributed by atoms with Crippen molar-refractivity contribution in [3.8, 4) is 5.75 Å². The van der Waals surface area contributed by atoms with Gasteiger partial charge in [0.05, 0.1) is 6.61 Å². The smallest absolute Gasteiger partial charge is 0.328 e. The Hall–Kier alpha value is -3.01. The van der Waals surface area contributed by atoms with E-state index in [4.69, 9.17) is 15.6 Å². The van der Waals surface area contributed by atoms with Gasteiger partial charge < -0.3 is 15.6 Å². The molecule has 4 heteroatoms. The first-order valence-electron chi connectivity index (χ1n) is 13.1. The predicted molar refractivity (Wildman–Crippen MR) is 147 cm³/mol. The van der Waals surface area contributed by atoms with Crippen LogP contribution in [-0.2, 0) is 11.2 Å². The lowest BCUT2D eigenvalue weighted by atomic mass is 9.95. The van der Waals surface area contributed by atoms with Crippen molar-refractivity contribution in [3.05, 3.63) is 77.0 Å². The van der Waals surface area contributed by atoms with Gasteiger partial charge in [-0.25, -0.2) is 4.79 Å². The van der Waals surface area contributed by atoms with Gasteiger partial charge in [-0.3, -0.25) is 0 Å². The van der Waals surface area contributed by atoms with Gasteiger partial charge in [-0.05, 0) is 66.2 Å². The third-order valence-corrected chi connectivity index (χ3v) is 6.07. The molecule has 0 aromatic heterocycles. The van der Waals surface area contributed by atoms with Gasteiger partial charge in [0.15, 0.2) is 0 Å². The molecule has 0 fully saturated rings. The van der Waals surface area contributed by atoms with Crippen LogP contribution < -0.4 is 10.5 Å². The van der Waals surface area contributed by atoms with Crippen LogP contribution in [0.2, 0.25) is 0 Å². The lowest BCUT2D eigenvalue weighted by Gasteiger charge is -2.12. The summed E-state index contributed by atoms with van der Waals surface area (Å²) >= 11 is 0. The Labute approximate surface area is 211 Å². The van der Waals surface area contributed by atoms with E-state index in [1.807, 2.05) is 42.5 Å². The van der Waals surface area contributed by atoms with E-state index >= 15 is 0 Å². The minimum absolute atomic E-state index is 0.404. The van der Waals surface area contributed by atoms with Gasteiger partial charge in [0.25, 0.3) is 0 Å². The number of unbranched alkanes of at least 4 members (excludes halogenated alkanes) is 7. The third kappa shape index (κ3) is 12.9. The largest absolute Gasteiger partial charge is 0.494 e. The van der Waals surface area contributed by atoms with E-state index in [1.165, 1.54) is 50.5 Å². The summed E-state index contributed by atoms with van der Waals surface area (Å²) in [4.78, 5) is 10.6. The Bertz CT molecular complexity index is 913. The van der Waals surface area contributed by atoms with E-state index in [1.54, 1.807) is 6.08 Å². The van der Waals surface area contributed by atoms with Crippen LogP contribution in [0.4, 0.5) is 0 Å². The highest BCUT2D eigenvalue weighted by atomic mass is 16.5. The van der Waals surface area contributed by atoms with Crippen molar-refractivity contribution in [3.63, 3.8) is 0 Å². The summed E-state index contributed by atoms with van der Waals surface area (Å²) in [5, 5.41) is 8.73. The fraction of sp³-hybridized carbons (Fsp3) is 0.452. The molecule has 1 atom stereocenters. The van der Waals surface area contributed by atoms with E-state index in [0.717, 1.165) is 54.5 Å². The zero-order valence-corrected chi connectivity index (χ0v) is 21.5. The van der Waals surface area contributed by atoms with E-state index in [9.17, 15) is 4.79 Å². The molecule has 0 aliphatic rings. The van der Waals surface area contributed by atoms with Gasteiger partial charge in [-0.15, -0.1) is 0 Å². The Morgan fingerprint density at radius 3 is 2.14 bits per heavy atom. The lowest BCUT2D eigenvalue weighted by molar-refractivity contribution is -0.131. The molecule has 4 nitrogen and oxygen atoms in total. The fourth-order valence-corrected chi connectivity index (χ4v) is 4.17. The van der Waals surface area contributed by atoms with E-state index in [-0.39, 0.29) is 0 Å². The molecule has 0 aliphatic carbocycles. The van der Waals surface area contributed by atoms with Gasteiger partial charge in [-0.1, -0.05) is 95.2 Å². The average Bonchev–Trinajstić information content (AvgIpc) is 2.83. The average molecular weight is 478 g/mol. The number of carboxylic acids is 1. The summed E-state index contributed by atoms with van der Waals surface area (Å²) in [5.74, 6) is 0.380. The molecule has 0 spiro atoms. The zero-order valence-electron chi connectivity index (χ0n) is 21.5. The van der Waals surface area contributed by atoms with Crippen LogP contribution in [0.1, 0.15) is 88.3 Å². The first kappa shape index (κ1) is 28.2. The summed E-state index contributed by atoms with van der Waals surface area (Å²) in [6.07, 6.45) is 17.0. The van der Waals surface area contributed by atoms with Crippen LogP contribution in [-0.4, -0.2) is 17.7 Å². The molecule has 0 bridgehead atoms. The monoisotopic (exact) mass is 477 g/mol. The molecule has 0 amide bonds. The van der Waals surface area contributed by atoms with E-state index in [0.29, 0.717) is 5.92 Å². The highest BCUT2D eigenvalue weighted by Gasteiger charge is 2.06. The molecular weight excluding hydrogens is 434 g/mol. The predicted octanol–water partition coefficient (Wildman–Crippen LogP) is 7.87. The number of benzene rings is 2. The number of rotatable bonds is 17. The molecule has 0 radical (unpaired) electrons. The van der Waals surface area contributed by atoms with Crippen LogP contribution in [0, 0.1) is 5.92 Å². The molecule has 190 valence electrons. The van der Waals surface area contributed by atoms with Crippen LogP contribution >= 0.6 is 0 Å². The number of ether oxygens (including phenoxy) is 1. The first-order chi connectivity index (χ1) is 17.0. The zero-order chi connectivity index (χ0) is 25.3. The van der Waals surface area contributed by atoms with Crippen molar-refractivity contribution in [2.24, 2.45) is 11.7 Å². The van der Waals surface area contributed by atoms with Crippen molar-refractivity contribution in [2.45, 2.75) is 78.1 Å². The molecule has 1 unspecified atom stereocenters. The molecule has 0 saturated carbocycles. The Balaban J connectivity index is 1.69. The first-order valence-corrected chi connectivity index (χ1v) is 13.1. The summed E-state index contributed by atoms with van der Waals surface area (Å²) in [6.45, 7) is 5.23. The number of hydrogen-bond acceptors (Lipinski definition) is 3. The second kappa shape index (κ2) is 16.6. The third-order valence-electron chi connectivity index (χ3n) is 6.07. The SMILES string of the molecule is CCCCCCCCCCOc1ccc(C=C(N)CC(C)Cc2ccc(/C=C/C(=O)O)cc2)cc1. The highest BCUT2D eigenvalue weighted by Crippen LogP contribution is 2.19. The van der Waals surface area contributed by atoms with Gasteiger partial charge in [0, 0.05) is 11.8 Å². The summed E-state index contributed by atoms with van der Waals surface area (Å²) < 4.78 is 5.89. The Morgan fingerprint density at radius 2 is 1.51 bits per heavy atom. The molecule has 2 rings (SSSR count). The van der Waals surface area contributed by atoms with Crippen molar-refractivity contribution < 1.29 is 14.6 Å². The lowest BCUT2D eigenvalue weighted by Crippen LogP contribution is -2.06. The maximum absolute atomic E-state index is 10.6. The Kier molecular flexibility index (Phi) is 13.4. The van der Waals surface area contributed by atoms with Gasteiger partial charge in [0.2, 0.25) is 0 Å². The maximum atomic E-state index is 10.6. The van der Waals surface area contributed by atoms with Gasteiger partial charge in [-0.2, -0.15) is 0 Å². The molecule has 35 heavy (non-hydrogen) atoms. The topological polar surface area (TPSA) is 72.5 Å². The molecule has 0 heterocycles. The number of allylic oxidation sites excluding steroid dienone is 1. The number of hydrogen-bond donors (Lipinski definition) is 2. The quantitative estimate of drug-likeness (QED) is 0.180. The van der Waals surface area contributed by atoms with Crippen molar-refractivity contribution >= 4 is 18.1 Å². The summed E-state index contributed by atoms with van der Waals surface area (Å²) in [6, 6.07) is 16.1. The van der Waals surface area contributed by atoms with Crippen LogP contribution in [0.5, 0.6) is 5.75 Å². The summed E-state index contributed by atoms with van der Waals surface area (Å²) in [5.41, 5.74) is 10.4. The van der Waals surface area contributed by atoms with E-state index in [2.05, 4.69) is 26.0 Å². The van der Waals surface area contributed by atoms with Crippen LogP contribution in [0.25, 0.3) is 12.2 Å². The number of aliphatic carboxylic acids is 1. The van der Waals surface area contributed by atoms with Crippen LogP contribution in [0.15, 0.2) is 60.3 Å². The van der Waals surface area contributed by atoms with Crippen molar-refractivity contribution in [1.29, 1.82) is 0 Å². The van der Waals surface area contributed by atoms with Crippen molar-refractivity contribution in [2.75, 3.05) is 6.61 Å². The summed E-state index contributed by atoms with van der Waals surface area (Å²) in [7, 11) is 0. The second-order valence-electron chi connectivity index (χ2n) is 9.54. The molecule has 0 aliphatic heterocycles. The minimum atomic E-state index is -0.939. The van der Waals surface area contributed by atoms with Gasteiger partial charge in [0.1, 0.15) is 5.75 Å². The minimum Gasteiger partial charge on any atom is -0.494 e. The Morgan fingerprint density at radius 1 is 0.914 bits per heavy atom. The number of nitrogens with two attached hydrogens (primary N) is 1. The maximum Gasteiger partial charge on any atom is 0.328 e. The second-order valence-corrected chi connectivity index (χ2v) is 9.54. The fourth-order valence-electron chi connectivity index (χ4n) is 4.17. The number of carbonyl (C=O) groups is 1. The molecule has 2 aromatic carbocycles. The molecule has 0 saturated heterocycles. The highest BCUT2D eigenvalue weighted by molar-refractivity contribution is 5.85.